The van der Waals surface area contributed by atoms with E-state index in [0.717, 1.165) is 13.0 Å². The van der Waals surface area contributed by atoms with Crippen LogP contribution in [0.2, 0.25) is 0 Å². The topological polar surface area (TPSA) is 29.1 Å². The Labute approximate surface area is 135 Å². The molecule has 1 rings (SSSR count). The highest BCUT2D eigenvalue weighted by molar-refractivity contribution is 7.86. The van der Waals surface area contributed by atoms with Crippen molar-refractivity contribution >= 4 is 10.8 Å². The maximum atomic E-state index is 13.1. The number of hydrogen-bond acceptors (Lipinski definition) is 2. The molecule has 0 heterocycles. The van der Waals surface area contributed by atoms with Crippen molar-refractivity contribution in [3.05, 3.63) is 0 Å². The molecule has 21 heavy (non-hydrogen) atoms. The Bertz CT molecular complexity index is 340. The van der Waals surface area contributed by atoms with Gasteiger partial charge in [-0.3, -0.25) is 4.21 Å². The summed E-state index contributed by atoms with van der Waals surface area (Å²) in [4.78, 5) is 0. The zero-order valence-electron chi connectivity index (χ0n) is 15.2. The lowest BCUT2D eigenvalue weighted by molar-refractivity contribution is 0.140. The first-order chi connectivity index (χ1) is 9.74. The second-order valence-electron chi connectivity index (χ2n) is 7.83. The average molecular weight is 316 g/mol. The second kappa shape index (κ2) is 8.10. The predicted octanol–water partition coefficient (Wildman–Crippen LogP) is 4.36. The molecule has 0 amide bonds. The van der Waals surface area contributed by atoms with Crippen molar-refractivity contribution in [3.8, 4) is 0 Å². The van der Waals surface area contributed by atoms with Crippen molar-refractivity contribution in [2.75, 3.05) is 6.54 Å². The highest BCUT2D eigenvalue weighted by Crippen LogP contribution is 2.42. The van der Waals surface area contributed by atoms with E-state index in [2.05, 4.69) is 53.8 Å². The molecule has 0 radical (unpaired) electrons. The molecule has 1 aliphatic rings. The van der Waals surface area contributed by atoms with Gasteiger partial charge in [0.15, 0.2) is 0 Å². The Morgan fingerprint density at radius 2 is 1.81 bits per heavy atom. The minimum Gasteiger partial charge on any atom is -0.313 e. The number of hydrogen-bond donors (Lipinski definition) is 1. The van der Waals surface area contributed by atoms with E-state index in [9.17, 15) is 4.21 Å². The highest BCUT2D eigenvalue weighted by atomic mass is 32.2. The fraction of sp³-hybridized carbons (Fsp3) is 1.00. The molecule has 2 nitrogen and oxygen atoms in total. The summed E-state index contributed by atoms with van der Waals surface area (Å²) >= 11 is 0. The van der Waals surface area contributed by atoms with Crippen LogP contribution in [0.3, 0.4) is 0 Å². The third-order valence-electron chi connectivity index (χ3n) is 5.88. The molecule has 1 N–H and O–H groups in total. The van der Waals surface area contributed by atoms with Gasteiger partial charge in [0.2, 0.25) is 0 Å². The summed E-state index contributed by atoms with van der Waals surface area (Å²) in [6.07, 6.45) is 4.80. The van der Waals surface area contributed by atoms with E-state index < -0.39 is 10.8 Å². The van der Waals surface area contributed by atoms with Crippen LogP contribution in [0.1, 0.15) is 74.1 Å². The molecule has 5 atom stereocenters. The molecule has 3 heteroatoms. The van der Waals surface area contributed by atoms with Crippen LogP contribution in [0.4, 0.5) is 0 Å². The van der Waals surface area contributed by atoms with Gasteiger partial charge < -0.3 is 5.32 Å². The Morgan fingerprint density at radius 1 is 1.19 bits per heavy atom. The van der Waals surface area contributed by atoms with E-state index in [1.54, 1.807) is 0 Å². The Kier molecular flexibility index (Phi) is 7.39. The van der Waals surface area contributed by atoms with Crippen molar-refractivity contribution < 1.29 is 4.21 Å². The van der Waals surface area contributed by atoms with Gasteiger partial charge in [0, 0.05) is 22.1 Å². The van der Waals surface area contributed by atoms with Gasteiger partial charge in [-0.2, -0.15) is 0 Å². The van der Waals surface area contributed by atoms with Crippen LogP contribution >= 0.6 is 0 Å². The highest BCUT2D eigenvalue weighted by Gasteiger charge is 2.40. The predicted molar refractivity (Wildman–Crippen MR) is 95.1 cm³/mol. The molecule has 0 aromatic rings. The summed E-state index contributed by atoms with van der Waals surface area (Å²) < 4.78 is 13.1. The zero-order valence-corrected chi connectivity index (χ0v) is 16.1. The van der Waals surface area contributed by atoms with Crippen molar-refractivity contribution in [1.29, 1.82) is 0 Å². The van der Waals surface area contributed by atoms with Gasteiger partial charge in [0.25, 0.3) is 0 Å². The Balaban J connectivity index is 2.89. The number of rotatable bonds is 7. The largest absolute Gasteiger partial charge is 0.313 e. The summed E-state index contributed by atoms with van der Waals surface area (Å²) in [7, 11) is -0.733. The first-order valence-corrected chi connectivity index (χ1v) is 10.1. The van der Waals surface area contributed by atoms with Crippen LogP contribution in [0.5, 0.6) is 0 Å². The maximum Gasteiger partial charge on any atom is 0.0506 e. The quantitative estimate of drug-likeness (QED) is 0.756. The molecule has 5 unspecified atom stereocenters. The minimum atomic E-state index is -0.733. The molecule has 1 aliphatic carbocycles. The first kappa shape index (κ1) is 19.2. The smallest absolute Gasteiger partial charge is 0.0506 e. The van der Waals surface area contributed by atoms with Crippen LogP contribution in [-0.4, -0.2) is 27.3 Å². The summed E-state index contributed by atoms with van der Waals surface area (Å²) in [5.74, 6) is 1.21. The van der Waals surface area contributed by atoms with E-state index in [1.807, 2.05) is 0 Å². The van der Waals surface area contributed by atoms with Crippen molar-refractivity contribution in [2.24, 2.45) is 17.3 Å². The van der Waals surface area contributed by atoms with E-state index >= 15 is 0 Å². The fourth-order valence-corrected chi connectivity index (χ4v) is 5.49. The monoisotopic (exact) mass is 315 g/mol. The van der Waals surface area contributed by atoms with Crippen LogP contribution in [0.25, 0.3) is 0 Å². The molecule has 126 valence electrons. The molecule has 0 saturated heterocycles. The zero-order chi connectivity index (χ0) is 16.2. The third kappa shape index (κ3) is 4.79. The lowest BCUT2D eigenvalue weighted by atomic mass is 9.68. The molecule has 1 saturated carbocycles. The lowest BCUT2D eigenvalue weighted by Gasteiger charge is -2.43. The fourth-order valence-electron chi connectivity index (χ4n) is 3.42. The van der Waals surface area contributed by atoms with Gasteiger partial charge in [-0.15, -0.1) is 0 Å². The van der Waals surface area contributed by atoms with Crippen LogP contribution < -0.4 is 5.32 Å². The summed E-state index contributed by atoms with van der Waals surface area (Å²) in [5.41, 5.74) is 0.376. The first-order valence-electron chi connectivity index (χ1n) is 8.87. The summed E-state index contributed by atoms with van der Waals surface area (Å²) in [6.45, 7) is 16.8. The van der Waals surface area contributed by atoms with Gasteiger partial charge in [0.05, 0.1) is 5.25 Å². The Morgan fingerprint density at radius 3 is 2.29 bits per heavy atom. The molecule has 0 aromatic heterocycles. The normalized spacial score (nSPS) is 30.4. The molecule has 0 spiro atoms. The molecular weight excluding hydrogens is 278 g/mol. The van der Waals surface area contributed by atoms with E-state index in [0.29, 0.717) is 33.8 Å². The van der Waals surface area contributed by atoms with Gasteiger partial charge in [-0.05, 0) is 43.1 Å². The third-order valence-corrected chi connectivity index (χ3v) is 8.27. The SMILES string of the molecule is CCNC1CCC(C(C)(C)CC)CC1S(=O)C(C)C(C)C. The standard InChI is InChI=1S/C18H37NOS/c1-8-18(6,7)15-10-11-16(19-9-2)17(12-15)21(20)14(5)13(3)4/h13-17,19H,8-12H2,1-7H3. The lowest BCUT2D eigenvalue weighted by Crippen LogP contribution is -2.50. The maximum absolute atomic E-state index is 13.1. The molecule has 0 aromatic carbocycles. The minimum absolute atomic E-state index is 0.291. The van der Waals surface area contributed by atoms with Crippen molar-refractivity contribution in [1.82, 2.24) is 5.32 Å². The van der Waals surface area contributed by atoms with Gasteiger partial charge in [-0.25, -0.2) is 0 Å². The average Bonchev–Trinajstić information content (AvgIpc) is 2.46. The summed E-state index contributed by atoms with van der Waals surface area (Å²) in [5, 5.41) is 4.22. The van der Waals surface area contributed by atoms with E-state index in [1.165, 1.54) is 19.3 Å². The summed E-state index contributed by atoms with van der Waals surface area (Å²) in [6, 6.07) is 0.445. The van der Waals surface area contributed by atoms with E-state index in [4.69, 9.17) is 0 Å². The van der Waals surface area contributed by atoms with Gasteiger partial charge in [0.1, 0.15) is 0 Å². The van der Waals surface area contributed by atoms with Gasteiger partial charge in [-0.1, -0.05) is 54.9 Å². The van der Waals surface area contributed by atoms with Crippen LogP contribution in [0.15, 0.2) is 0 Å². The van der Waals surface area contributed by atoms with Crippen molar-refractivity contribution in [3.63, 3.8) is 0 Å². The molecule has 0 aliphatic heterocycles. The molecule has 0 bridgehead atoms. The second-order valence-corrected chi connectivity index (χ2v) is 9.84. The van der Waals surface area contributed by atoms with Gasteiger partial charge >= 0.3 is 0 Å². The van der Waals surface area contributed by atoms with Crippen LogP contribution in [-0.2, 0) is 10.8 Å². The molecule has 1 fully saturated rings. The Hall–Kier alpha value is 0.110. The molecular formula is C18H37NOS. The number of nitrogens with one attached hydrogen (secondary N) is 1. The van der Waals surface area contributed by atoms with Crippen LogP contribution in [0, 0.1) is 17.3 Å². The van der Waals surface area contributed by atoms with Crippen molar-refractivity contribution in [2.45, 2.75) is 90.7 Å². The van der Waals surface area contributed by atoms with E-state index in [-0.39, 0.29) is 0 Å².